The highest BCUT2D eigenvalue weighted by Crippen LogP contribution is 2.09. The number of hydrogen-bond donors (Lipinski definition) is 1. The molecule has 0 aromatic heterocycles. The second kappa shape index (κ2) is 6.03. The molecule has 0 aliphatic carbocycles. The summed E-state index contributed by atoms with van der Waals surface area (Å²) in [5.41, 5.74) is 1.08. The monoisotopic (exact) mass is 235 g/mol. The van der Waals surface area contributed by atoms with Crippen LogP contribution in [-0.2, 0) is 16.0 Å². The maximum atomic E-state index is 11.2. The van der Waals surface area contributed by atoms with Crippen molar-refractivity contribution >= 4 is 11.9 Å². The van der Waals surface area contributed by atoms with E-state index in [-0.39, 0.29) is 5.91 Å². The number of aliphatic carboxylic acids is 1. The van der Waals surface area contributed by atoms with Gasteiger partial charge in [0, 0.05) is 14.0 Å². The lowest BCUT2D eigenvalue weighted by Gasteiger charge is -2.23. The number of amides is 1. The number of rotatable bonds is 5. The zero-order chi connectivity index (χ0) is 12.8. The van der Waals surface area contributed by atoms with E-state index in [0.29, 0.717) is 12.8 Å². The van der Waals surface area contributed by atoms with Crippen molar-refractivity contribution < 1.29 is 14.7 Å². The van der Waals surface area contributed by atoms with Crippen LogP contribution in [0, 0.1) is 0 Å². The standard InChI is InChI=1S/C13H17NO3/c1-10(15)14(2)12(13(16)17)9-8-11-6-4-3-5-7-11/h3-7,12H,8-9H2,1-2H3,(H,16,17). The molecule has 1 aromatic carbocycles. The number of likely N-dealkylation sites (N-methyl/N-ethyl adjacent to an activating group) is 1. The summed E-state index contributed by atoms with van der Waals surface area (Å²) in [5.74, 6) is -1.19. The van der Waals surface area contributed by atoms with E-state index in [1.165, 1.54) is 18.9 Å². The molecule has 4 heteroatoms. The molecule has 1 N–H and O–H groups in total. The highest BCUT2D eigenvalue weighted by Gasteiger charge is 2.23. The molecule has 0 radical (unpaired) electrons. The second-order valence-corrected chi connectivity index (χ2v) is 4.01. The second-order valence-electron chi connectivity index (χ2n) is 4.01. The van der Waals surface area contributed by atoms with E-state index in [1.54, 1.807) is 0 Å². The quantitative estimate of drug-likeness (QED) is 0.842. The number of benzene rings is 1. The molecule has 1 amide bonds. The van der Waals surface area contributed by atoms with Crippen LogP contribution in [0.15, 0.2) is 30.3 Å². The Morgan fingerprint density at radius 2 is 1.88 bits per heavy atom. The van der Waals surface area contributed by atoms with Gasteiger partial charge in [0.25, 0.3) is 0 Å². The summed E-state index contributed by atoms with van der Waals surface area (Å²) < 4.78 is 0. The molecule has 17 heavy (non-hydrogen) atoms. The van der Waals surface area contributed by atoms with Crippen molar-refractivity contribution in [3.8, 4) is 0 Å². The summed E-state index contributed by atoms with van der Waals surface area (Å²) in [6, 6.07) is 8.89. The number of carboxylic acids is 1. The Hall–Kier alpha value is -1.84. The lowest BCUT2D eigenvalue weighted by molar-refractivity contribution is -0.148. The molecule has 0 aliphatic heterocycles. The van der Waals surface area contributed by atoms with Crippen molar-refractivity contribution in [2.24, 2.45) is 0 Å². The minimum absolute atomic E-state index is 0.231. The Kier molecular flexibility index (Phi) is 4.69. The maximum absolute atomic E-state index is 11.2. The van der Waals surface area contributed by atoms with Gasteiger partial charge in [0.2, 0.25) is 5.91 Å². The summed E-state index contributed by atoms with van der Waals surface area (Å²) in [5, 5.41) is 9.08. The number of carbonyl (C=O) groups excluding carboxylic acids is 1. The molecule has 1 atom stereocenters. The van der Waals surface area contributed by atoms with Crippen LogP contribution >= 0.6 is 0 Å². The fraction of sp³-hybridized carbons (Fsp3) is 0.385. The summed E-state index contributed by atoms with van der Waals surface area (Å²) in [6.45, 7) is 1.37. The van der Waals surface area contributed by atoms with Gasteiger partial charge in [0.1, 0.15) is 6.04 Å². The molecule has 0 spiro atoms. The normalized spacial score (nSPS) is 11.9. The number of carboxylic acid groups (broad SMARTS) is 1. The molecule has 1 unspecified atom stereocenters. The van der Waals surface area contributed by atoms with Crippen LogP contribution in [0.1, 0.15) is 18.9 Å². The van der Waals surface area contributed by atoms with E-state index in [0.717, 1.165) is 5.56 Å². The number of hydrogen-bond acceptors (Lipinski definition) is 2. The molecule has 0 bridgehead atoms. The first-order chi connectivity index (χ1) is 8.02. The summed E-state index contributed by atoms with van der Waals surface area (Å²) in [6.07, 6.45) is 1.07. The van der Waals surface area contributed by atoms with Crippen molar-refractivity contribution in [3.05, 3.63) is 35.9 Å². The van der Waals surface area contributed by atoms with Crippen LogP contribution in [0.5, 0.6) is 0 Å². The van der Waals surface area contributed by atoms with Gasteiger partial charge in [-0.15, -0.1) is 0 Å². The molecule has 0 fully saturated rings. The van der Waals surface area contributed by atoms with Crippen LogP contribution in [0.2, 0.25) is 0 Å². The van der Waals surface area contributed by atoms with E-state index in [4.69, 9.17) is 5.11 Å². The van der Waals surface area contributed by atoms with E-state index in [1.807, 2.05) is 30.3 Å². The SMILES string of the molecule is CC(=O)N(C)C(CCc1ccccc1)C(=O)O. The molecule has 1 rings (SSSR count). The fourth-order valence-corrected chi connectivity index (χ4v) is 1.65. The smallest absolute Gasteiger partial charge is 0.326 e. The van der Waals surface area contributed by atoms with Crippen LogP contribution < -0.4 is 0 Å². The lowest BCUT2D eigenvalue weighted by Crippen LogP contribution is -2.41. The number of carbonyl (C=O) groups is 2. The fourth-order valence-electron chi connectivity index (χ4n) is 1.65. The molecule has 4 nitrogen and oxygen atoms in total. The third-order valence-electron chi connectivity index (χ3n) is 2.80. The highest BCUT2D eigenvalue weighted by molar-refractivity contribution is 5.81. The van der Waals surface area contributed by atoms with Gasteiger partial charge in [0.15, 0.2) is 0 Å². The third-order valence-corrected chi connectivity index (χ3v) is 2.80. The molecule has 0 saturated heterocycles. The van der Waals surface area contributed by atoms with Crippen LogP contribution in [-0.4, -0.2) is 35.0 Å². The Balaban J connectivity index is 2.63. The van der Waals surface area contributed by atoms with Gasteiger partial charge in [-0.2, -0.15) is 0 Å². The van der Waals surface area contributed by atoms with Gasteiger partial charge in [-0.25, -0.2) is 4.79 Å². The van der Waals surface area contributed by atoms with Crippen LogP contribution in [0.3, 0.4) is 0 Å². The Labute approximate surface area is 101 Å². The number of nitrogens with zero attached hydrogens (tertiary/aromatic N) is 1. The van der Waals surface area contributed by atoms with Crippen molar-refractivity contribution in [1.82, 2.24) is 4.90 Å². The predicted molar refractivity (Wildman–Crippen MR) is 64.6 cm³/mol. The highest BCUT2D eigenvalue weighted by atomic mass is 16.4. The van der Waals surface area contributed by atoms with Gasteiger partial charge in [-0.3, -0.25) is 4.79 Å². The minimum Gasteiger partial charge on any atom is -0.480 e. The Morgan fingerprint density at radius 1 is 1.29 bits per heavy atom. The largest absolute Gasteiger partial charge is 0.480 e. The lowest BCUT2D eigenvalue weighted by atomic mass is 10.0. The van der Waals surface area contributed by atoms with Gasteiger partial charge >= 0.3 is 5.97 Å². The van der Waals surface area contributed by atoms with Gasteiger partial charge < -0.3 is 10.0 Å². The number of aryl methyl sites for hydroxylation is 1. The van der Waals surface area contributed by atoms with Crippen LogP contribution in [0.25, 0.3) is 0 Å². The minimum atomic E-state index is -0.960. The molecular formula is C13H17NO3. The van der Waals surface area contributed by atoms with Gasteiger partial charge in [0.05, 0.1) is 0 Å². The van der Waals surface area contributed by atoms with Crippen molar-refractivity contribution in [3.63, 3.8) is 0 Å². The first-order valence-electron chi connectivity index (χ1n) is 5.52. The van der Waals surface area contributed by atoms with E-state index >= 15 is 0 Å². The molecule has 92 valence electrons. The third kappa shape index (κ3) is 3.90. The topological polar surface area (TPSA) is 57.6 Å². The van der Waals surface area contributed by atoms with E-state index in [2.05, 4.69) is 0 Å². The van der Waals surface area contributed by atoms with Crippen molar-refractivity contribution in [2.45, 2.75) is 25.8 Å². The first-order valence-corrected chi connectivity index (χ1v) is 5.52. The van der Waals surface area contributed by atoms with Crippen LogP contribution in [0.4, 0.5) is 0 Å². The molecule has 0 saturated carbocycles. The van der Waals surface area contributed by atoms with Crippen molar-refractivity contribution in [2.75, 3.05) is 7.05 Å². The molecule has 0 heterocycles. The molecular weight excluding hydrogens is 218 g/mol. The Morgan fingerprint density at radius 3 is 2.35 bits per heavy atom. The predicted octanol–water partition coefficient (Wildman–Crippen LogP) is 1.55. The van der Waals surface area contributed by atoms with Gasteiger partial charge in [-0.05, 0) is 18.4 Å². The molecule has 1 aromatic rings. The first kappa shape index (κ1) is 13.2. The average Bonchev–Trinajstić information content (AvgIpc) is 2.29. The molecule has 0 aliphatic rings. The average molecular weight is 235 g/mol. The summed E-state index contributed by atoms with van der Waals surface area (Å²) in [4.78, 5) is 23.5. The van der Waals surface area contributed by atoms with Crippen molar-refractivity contribution in [1.29, 1.82) is 0 Å². The zero-order valence-corrected chi connectivity index (χ0v) is 10.1. The Bertz CT molecular complexity index is 389. The summed E-state index contributed by atoms with van der Waals surface area (Å²) >= 11 is 0. The summed E-state index contributed by atoms with van der Waals surface area (Å²) in [7, 11) is 1.52. The van der Waals surface area contributed by atoms with Gasteiger partial charge in [-0.1, -0.05) is 30.3 Å². The van der Waals surface area contributed by atoms with E-state index in [9.17, 15) is 9.59 Å². The maximum Gasteiger partial charge on any atom is 0.326 e. The zero-order valence-electron chi connectivity index (χ0n) is 10.1. The van der Waals surface area contributed by atoms with E-state index < -0.39 is 12.0 Å².